The monoisotopic (exact) mass is 143 g/mol. The highest BCUT2D eigenvalue weighted by atomic mass is 16.3. The molecule has 60 valence electrons. The van der Waals surface area contributed by atoms with Gasteiger partial charge in [-0.3, -0.25) is 0 Å². The van der Waals surface area contributed by atoms with Gasteiger partial charge in [-0.05, 0) is 12.5 Å². The predicted octanol–water partition coefficient (Wildman–Crippen LogP) is 0.779. The van der Waals surface area contributed by atoms with Crippen LogP contribution in [0.3, 0.4) is 0 Å². The third-order valence-corrected chi connectivity index (χ3v) is 1.27. The van der Waals surface area contributed by atoms with E-state index < -0.39 is 0 Å². The highest BCUT2D eigenvalue weighted by molar-refractivity contribution is 4.84. The smallest absolute Gasteiger partial charge is 0.0620 e. The van der Waals surface area contributed by atoms with Crippen LogP contribution in [0.1, 0.15) is 13.8 Å². The third kappa shape index (κ3) is 4.53. The molecule has 0 saturated carbocycles. The molecule has 0 amide bonds. The van der Waals surface area contributed by atoms with Gasteiger partial charge in [0.15, 0.2) is 0 Å². The van der Waals surface area contributed by atoms with E-state index in [1.807, 2.05) is 0 Å². The first-order chi connectivity index (χ1) is 4.70. The number of aliphatic hydroxyl groups is 1. The summed E-state index contributed by atoms with van der Waals surface area (Å²) in [5, 5.41) is 11.9. The van der Waals surface area contributed by atoms with Crippen molar-refractivity contribution >= 4 is 0 Å². The highest BCUT2D eigenvalue weighted by Crippen LogP contribution is 1.90. The number of hydrogen-bond acceptors (Lipinski definition) is 2. The maximum atomic E-state index is 8.71. The zero-order valence-corrected chi connectivity index (χ0v) is 6.80. The van der Waals surface area contributed by atoms with Gasteiger partial charge in [0, 0.05) is 6.04 Å². The van der Waals surface area contributed by atoms with Crippen molar-refractivity contribution in [1.82, 2.24) is 5.32 Å². The molecule has 0 heterocycles. The lowest BCUT2D eigenvalue weighted by Crippen LogP contribution is -2.33. The maximum absolute atomic E-state index is 8.71. The molecule has 0 rings (SSSR count). The Kier molecular flexibility index (Phi) is 5.26. The van der Waals surface area contributed by atoms with Crippen LogP contribution in [-0.2, 0) is 0 Å². The van der Waals surface area contributed by atoms with Crippen LogP contribution in [0.5, 0.6) is 0 Å². The second kappa shape index (κ2) is 5.45. The standard InChI is InChI=1S/C8H17NO/c1-4-8(6-10)9-5-7(2)3/h4,7-10H,1,5-6H2,2-3H3. The number of nitrogens with one attached hydrogen (secondary N) is 1. The van der Waals surface area contributed by atoms with E-state index in [-0.39, 0.29) is 12.6 Å². The summed E-state index contributed by atoms with van der Waals surface area (Å²) in [5.74, 6) is 0.619. The van der Waals surface area contributed by atoms with E-state index in [9.17, 15) is 0 Å². The largest absolute Gasteiger partial charge is 0.394 e. The van der Waals surface area contributed by atoms with Crippen LogP contribution in [0.25, 0.3) is 0 Å². The second-order valence-corrected chi connectivity index (χ2v) is 2.83. The molecule has 2 N–H and O–H groups in total. The minimum absolute atomic E-state index is 0.0578. The van der Waals surface area contributed by atoms with Crippen LogP contribution in [0.4, 0.5) is 0 Å². The van der Waals surface area contributed by atoms with E-state index in [1.165, 1.54) is 0 Å². The van der Waals surface area contributed by atoms with Gasteiger partial charge in [-0.15, -0.1) is 6.58 Å². The first-order valence-corrected chi connectivity index (χ1v) is 3.67. The Morgan fingerprint density at radius 1 is 1.60 bits per heavy atom. The van der Waals surface area contributed by atoms with E-state index in [0.717, 1.165) is 6.54 Å². The fourth-order valence-electron chi connectivity index (χ4n) is 0.609. The lowest BCUT2D eigenvalue weighted by Gasteiger charge is -2.12. The van der Waals surface area contributed by atoms with Crippen molar-refractivity contribution < 1.29 is 5.11 Å². The summed E-state index contributed by atoms with van der Waals surface area (Å²) in [7, 11) is 0. The Labute approximate surface area is 62.9 Å². The lowest BCUT2D eigenvalue weighted by atomic mass is 10.2. The molecule has 0 aromatic carbocycles. The summed E-state index contributed by atoms with van der Waals surface area (Å²) in [4.78, 5) is 0. The quantitative estimate of drug-likeness (QED) is 0.557. The maximum Gasteiger partial charge on any atom is 0.0620 e. The number of aliphatic hydroxyl groups excluding tert-OH is 1. The predicted molar refractivity (Wildman–Crippen MR) is 43.9 cm³/mol. The number of rotatable bonds is 5. The third-order valence-electron chi connectivity index (χ3n) is 1.27. The van der Waals surface area contributed by atoms with Gasteiger partial charge < -0.3 is 10.4 Å². The molecule has 2 heteroatoms. The van der Waals surface area contributed by atoms with Gasteiger partial charge >= 0.3 is 0 Å². The second-order valence-electron chi connectivity index (χ2n) is 2.83. The molecule has 0 aliphatic rings. The Morgan fingerprint density at radius 2 is 2.20 bits per heavy atom. The molecule has 1 unspecified atom stereocenters. The Bertz CT molecular complexity index is 91.3. The molecule has 1 atom stereocenters. The summed E-state index contributed by atoms with van der Waals surface area (Å²) in [6.07, 6.45) is 1.72. The topological polar surface area (TPSA) is 32.3 Å². The molecule has 0 radical (unpaired) electrons. The van der Waals surface area contributed by atoms with E-state index in [4.69, 9.17) is 5.11 Å². The summed E-state index contributed by atoms with van der Waals surface area (Å²) < 4.78 is 0. The van der Waals surface area contributed by atoms with Crippen molar-refractivity contribution in [3.8, 4) is 0 Å². The van der Waals surface area contributed by atoms with Gasteiger partial charge in [0.25, 0.3) is 0 Å². The molecule has 0 aliphatic carbocycles. The van der Waals surface area contributed by atoms with Crippen LogP contribution in [-0.4, -0.2) is 24.3 Å². The van der Waals surface area contributed by atoms with Gasteiger partial charge in [-0.1, -0.05) is 19.9 Å². The molecular formula is C8H17NO. The van der Waals surface area contributed by atoms with Crippen molar-refractivity contribution in [3.63, 3.8) is 0 Å². The van der Waals surface area contributed by atoms with Crippen LogP contribution in [0.2, 0.25) is 0 Å². The Balaban J connectivity index is 3.34. The molecule has 0 fully saturated rings. The zero-order valence-electron chi connectivity index (χ0n) is 6.80. The van der Waals surface area contributed by atoms with Gasteiger partial charge in [-0.2, -0.15) is 0 Å². The van der Waals surface area contributed by atoms with E-state index >= 15 is 0 Å². The van der Waals surface area contributed by atoms with E-state index in [0.29, 0.717) is 5.92 Å². The van der Waals surface area contributed by atoms with E-state index in [1.54, 1.807) is 6.08 Å². The minimum atomic E-state index is 0.0578. The molecule has 0 aromatic rings. The fourth-order valence-corrected chi connectivity index (χ4v) is 0.609. The molecule has 0 spiro atoms. The first-order valence-electron chi connectivity index (χ1n) is 3.67. The SMILES string of the molecule is C=CC(CO)NCC(C)C. The molecule has 0 aromatic heterocycles. The van der Waals surface area contributed by atoms with Gasteiger partial charge in [0.1, 0.15) is 0 Å². The summed E-state index contributed by atoms with van der Waals surface area (Å²) >= 11 is 0. The molecule has 2 nitrogen and oxygen atoms in total. The molecule has 0 saturated heterocycles. The molecule has 0 aliphatic heterocycles. The van der Waals surface area contributed by atoms with Crippen molar-refractivity contribution in [3.05, 3.63) is 12.7 Å². The minimum Gasteiger partial charge on any atom is -0.394 e. The Hall–Kier alpha value is -0.340. The molecule has 0 bridgehead atoms. The molecule has 10 heavy (non-hydrogen) atoms. The van der Waals surface area contributed by atoms with Gasteiger partial charge in [0.05, 0.1) is 6.61 Å². The van der Waals surface area contributed by atoms with Crippen LogP contribution >= 0.6 is 0 Å². The summed E-state index contributed by atoms with van der Waals surface area (Å²) in [6, 6.07) is 0.0578. The summed E-state index contributed by atoms with van der Waals surface area (Å²) in [5.41, 5.74) is 0. The van der Waals surface area contributed by atoms with E-state index in [2.05, 4.69) is 25.7 Å². The highest BCUT2D eigenvalue weighted by Gasteiger charge is 2.00. The van der Waals surface area contributed by atoms with Crippen LogP contribution in [0.15, 0.2) is 12.7 Å². The lowest BCUT2D eigenvalue weighted by molar-refractivity contribution is 0.261. The van der Waals surface area contributed by atoms with Crippen LogP contribution < -0.4 is 5.32 Å². The van der Waals surface area contributed by atoms with Crippen molar-refractivity contribution in [2.45, 2.75) is 19.9 Å². The summed E-state index contributed by atoms with van der Waals surface area (Å²) in [6.45, 7) is 8.91. The van der Waals surface area contributed by atoms with Crippen LogP contribution in [0, 0.1) is 5.92 Å². The van der Waals surface area contributed by atoms with Crippen molar-refractivity contribution in [2.24, 2.45) is 5.92 Å². The Morgan fingerprint density at radius 3 is 2.50 bits per heavy atom. The van der Waals surface area contributed by atoms with Crippen molar-refractivity contribution in [2.75, 3.05) is 13.2 Å². The first kappa shape index (κ1) is 9.66. The zero-order chi connectivity index (χ0) is 7.98. The number of hydrogen-bond donors (Lipinski definition) is 2. The normalized spacial score (nSPS) is 13.6. The van der Waals surface area contributed by atoms with Crippen molar-refractivity contribution in [1.29, 1.82) is 0 Å². The average molecular weight is 143 g/mol. The molecular weight excluding hydrogens is 126 g/mol. The van der Waals surface area contributed by atoms with Gasteiger partial charge in [-0.25, -0.2) is 0 Å². The average Bonchev–Trinajstić information content (AvgIpc) is 1.90. The van der Waals surface area contributed by atoms with Gasteiger partial charge in [0.2, 0.25) is 0 Å². The fraction of sp³-hybridized carbons (Fsp3) is 0.750.